The molecule has 1 aromatic rings. The van der Waals surface area contributed by atoms with E-state index in [9.17, 15) is 4.79 Å². The van der Waals surface area contributed by atoms with Gasteiger partial charge in [-0.1, -0.05) is 39.2 Å². The van der Waals surface area contributed by atoms with Gasteiger partial charge in [0.05, 0.1) is 6.54 Å². The van der Waals surface area contributed by atoms with Crippen LogP contribution in [0.25, 0.3) is 0 Å². The van der Waals surface area contributed by atoms with Crippen molar-refractivity contribution < 1.29 is 4.79 Å². The van der Waals surface area contributed by atoms with Crippen LogP contribution in [0.2, 0.25) is 0 Å². The van der Waals surface area contributed by atoms with Crippen LogP contribution in [0.15, 0.2) is 22.5 Å². The van der Waals surface area contributed by atoms with Gasteiger partial charge in [-0.05, 0) is 44.1 Å². The number of hydrogen-bond acceptors (Lipinski definition) is 3. The third-order valence-corrected chi connectivity index (χ3v) is 7.50. The summed E-state index contributed by atoms with van der Waals surface area (Å²) in [5.74, 6) is 1.30. The highest BCUT2D eigenvalue weighted by Crippen LogP contribution is 2.41. The summed E-state index contributed by atoms with van der Waals surface area (Å²) in [6.45, 7) is 9.49. The lowest BCUT2D eigenvalue weighted by atomic mass is 9.73. The van der Waals surface area contributed by atoms with Crippen molar-refractivity contribution in [2.45, 2.75) is 77.2 Å². The van der Waals surface area contributed by atoms with Gasteiger partial charge in [0.15, 0.2) is 5.96 Å². The third kappa shape index (κ3) is 6.58. The Morgan fingerprint density at radius 2 is 1.97 bits per heavy atom. The Morgan fingerprint density at radius 3 is 2.53 bits per heavy atom. The minimum atomic E-state index is 0. The van der Waals surface area contributed by atoms with E-state index in [1.165, 1.54) is 37.0 Å². The van der Waals surface area contributed by atoms with Gasteiger partial charge in [-0.2, -0.15) is 0 Å². The van der Waals surface area contributed by atoms with E-state index in [0.29, 0.717) is 6.04 Å². The fourth-order valence-electron chi connectivity index (χ4n) is 4.64. The minimum Gasteiger partial charge on any atom is -0.357 e. The molecule has 0 bridgehead atoms. The fourth-order valence-corrected chi connectivity index (χ4v) is 5.62. The number of carbonyl (C=O) groups is 1. The average Bonchev–Trinajstić information content (AvgIpc) is 3.28. The Kier molecular flexibility index (Phi) is 10.4. The smallest absolute Gasteiger partial charge is 0.225 e. The van der Waals surface area contributed by atoms with Gasteiger partial charge in [0.2, 0.25) is 5.91 Å². The quantitative estimate of drug-likeness (QED) is 0.307. The molecule has 2 heterocycles. The highest BCUT2D eigenvalue weighted by atomic mass is 127. The lowest BCUT2D eigenvalue weighted by molar-refractivity contribution is -0.135. The molecule has 0 atom stereocenters. The number of thiophene rings is 1. The van der Waals surface area contributed by atoms with E-state index in [1.54, 1.807) is 0 Å². The van der Waals surface area contributed by atoms with Crippen LogP contribution in [-0.2, 0) is 10.2 Å². The van der Waals surface area contributed by atoms with Crippen LogP contribution in [0.5, 0.6) is 0 Å². The van der Waals surface area contributed by atoms with Crippen LogP contribution in [0, 0.1) is 5.92 Å². The zero-order valence-electron chi connectivity index (χ0n) is 18.8. The summed E-state index contributed by atoms with van der Waals surface area (Å²) in [6.07, 6.45) is 8.42. The first-order valence-corrected chi connectivity index (χ1v) is 12.3. The fraction of sp³-hybridized carbons (Fsp3) is 0.739. The van der Waals surface area contributed by atoms with E-state index in [0.717, 1.165) is 45.0 Å². The first kappa shape index (κ1) is 25.4. The summed E-state index contributed by atoms with van der Waals surface area (Å²) < 4.78 is 0. The molecule has 1 aromatic heterocycles. The zero-order chi connectivity index (χ0) is 20.7. The van der Waals surface area contributed by atoms with Gasteiger partial charge in [-0.3, -0.25) is 9.79 Å². The van der Waals surface area contributed by atoms with E-state index < -0.39 is 0 Å². The standard InChI is InChI=1S/C23H38N4OS.HI/c1-4-24-22(26-19-10-14-27(15-11-19)21(28)18(2)3)25-17-23(12-6-5-7-13-23)20-9-8-16-29-20;/h8-9,16,18-19H,4-7,10-15,17H2,1-3H3,(H2,24,25,26);1H. The Bertz CT molecular complexity index is 663. The molecule has 5 nitrogen and oxygen atoms in total. The Morgan fingerprint density at radius 1 is 1.27 bits per heavy atom. The van der Waals surface area contributed by atoms with Crippen LogP contribution < -0.4 is 10.6 Å². The molecule has 0 unspecified atom stereocenters. The highest BCUT2D eigenvalue weighted by molar-refractivity contribution is 14.0. The number of guanidine groups is 1. The maximum Gasteiger partial charge on any atom is 0.225 e. The molecule has 1 aliphatic carbocycles. The van der Waals surface area contributed by atoms with Gasteiger partial charge in [-0.15, -0.1) is 35.3 Å². The summed E-state index contributed by atoms with van der Waals surface area (Å²) in [4.78, 5) is 20.8. The predicted molar refractivity (Wildman–Crippen MR) is 138 cm³/mol. The van der Waals surface area contributed by atoms with Gasteiger partial charge in [0, 0.05) is 41.9 Å². The monoisotopic (exact) mass is 546 g/mol. The van der Waals surface area contributed by atoms with Crippen molar-refractivity contribution >= 4 is 47.2 Å². The van der Waals surface area contributed by atoms with Crippen molar-refractivity contribution in [1.29, 1.82) is 0 Å². The van der Waals surface area contributed by atoms with Crippen molar-refractivity contribution in [3.8, 4) is 0 Å². The van der Waals surface area contributed by atoms with Gasteiger partial charge in [0.1, 0.15) is 0 Å². The number of halogens is 1. The van der Waals surface area contributed by atoms with Gasteiger partial charge in [0.25, 0.3) is 0 Å². The highest BCUT2D eigenvalue weighted by Gasteiger charge is 2.35. The SMILES string of the molecule is CCNC(=NCC1(c2cccs2)CCCCC1)NC1CCN(C(=O)C(C)C)CC1.I. The van der Waals surface area contributed by atoms with Crippen molar-refractivity contribution in [3.63, 3.8) is 0 Å². The average molecular weight is 547 g/mol. The molecule has 2 fully saturated rings. The predicted octanol–water partition coefficient (Wildman–Crippen LogP) is 4.77. The third-order valence-electron chi connectivity index (χ3n) is 6.38. The van der Waals surface area contributed by atoms with Gasteiger partial charge in [-0.25, -0.2) is 0 Å². The molecular weight excluding hydrogens is 507 g/mol. The summed E-state index contributed by atoms with van der Waals surface area (Å²) in [7, 11) is 0. The number of aliphatic imine (C=N–C) groups is 1. The maximum atomic E-state index is 12.2. The van der Waals surface area contributed by atoms with Crippen molar-refractivity contribution in [3.05, 3.63) is 22.4 Å². The van der Waals surface area contributed by atoms with E-state index in [-0.39, 0.29) is 41.2 Å². The largest absolute Gasteiger partial charge is 0.357 e. The first-order chi connectivity index (χ1) is 14.0. The number of nitrogens with one attached hydrogen (secondary N) is 2. The number of rotatable bonds is 6. The Balaban J connectivity index is 0.00000320. The van der Waals surface area contributed by atoms with Crippen LogP contribution in [0.1, 0.15) is 70.6 Å². The van der Waals surface area contributed by atoms with Crippen molar-refractivity contribution in [2.75, 3.05) is 26.2 Å². The van der Waals surface area contributed by atoms with E-state index in [2.05, 4.69) is 35.1 Å². The van der Waals surface area contributed by atoms with E-state index >= 15 is 0 Å². The zero-order valence-corrected chi connectivity index (χ0v) is 21.9. The summed E-state index contributed by atoms with van der Waals surface area (Å²) in [6, 6.07) is 4.86. The lowest BCUT2D eigenvalue weighted by Gasteiger charge is -2.36. The van der Waals surface area contributed by atoms with Crippen LogP contribution in [0.4, 0.5) is 0 Å². The van der Waals surface area contributed by atoms with E-state index in [4.69, 9.17) is 4.99 Å². The molecule has 30 heavy (non-hydrogen) atoms. The van der Waals surface area contributed by atoms with Gasteiger partial charge >= 0.3 is 0 Å². The van der Waals surface area contributed by atoms with Crippen molar-refractivity contribution in [1.82, 2.24) is 15.5 Å². The maximum absolute atomic E-state index is 12.2. The summed E-state index contributed by atoms with van der Waals surface area (Å²) in [5.41, 5.74) is 0.210. The molecule has 3 rings (SSSR count). The molecule has 170 valence electrons. The second-order valence-electron chi connectivity index (χ2n) is 8.91. The molecule has 0 aromatic carbocycles. The molecule has 1 aliphatic heterocycles. The summed E-state index contributed by atoms with van der Waals surface area (Å²) in [5, 5.41) is 9.30. The van der Waals surface area contributed by atoms with Crippen LogP contribution in [-0.4, -0.2) is 49.0 Å². The number of nitrogens with zero attached hydrogens (tertiary/aromatic N) is 2. The second-order valence-corrected chi connectivity index (χ2v) is 9.86. The number of carbonyl (C=O) groups excluding carboxylic acids is 1. The molecule has 2 N–H and O–H groups in total. The normalized spacial score (nSPS) is 20.0. The van der Waals surface area contributed by atoms with E-state index in [1.807, 2.05) is 30.1 Å². The molecule has 1 saturated carbocycles. The number of amides is 1. The number of piperidine rings is 1. The number of hydrogen-bond donors (Lipinski definition) is 2. The minimum absolute atomic E-state index is 0. The number of likely N-dealkylation sites (tertiary alicyclic amines) is 1. The second kappa shape index (κ2) is 12.3. The summed E-state index contributed by atoms with van der Waals surface area (Å²) >= 11 is 1.89. The molecule has 2 aliphatic rings. The Labute approximate surface area is 203 Å². The molecule has 1 amide bonds. The first-order valence-electron chi connectivity index (χ1n) is 11.4. The van der Waals surface area contributed by atoms with Crippen LogP contribution >= 0.6 is 35.3 Å². The van der Waals surface area contributed by atoms with Gasteiger partial charge < -0.3 is 15.5 Å². The molecule has 0 spiro atoms. The molecule has 7 heteroatoms. The van der Waals surface area contributed by atoms with Crippen LogP contribution in [0.3, 0.4) is 0 Å². The molecular formula is C23H39IN4OS. The molecule has 1 saturated heterocycles. The Hall–Kier alpha value is -0.830. The van der Waals surface area contributed by atoms with Crippen molar-refractivity contribution in [2.24, 2.45) is 10.9 Å². The molecule has 0 radical (unpaired) electrons. The topological polar surface area (TPSA) is 56.7 Å². The lowest BCUT2D eigenvalue weighted by Crippen LogP contribution is -2.50.